The van der Waals surface area contributed by atoms with Crippen LogP contribution in [0, 0.1) is 12.8 Å². The zero-order valence-corrected chi connectivity index (χ0v) is 16.5. The van der Waals surface area contributed by atoms with Crippen molar-refractivity contribution in [2.45, 2.75) is 32.8 Å². The van der Waals surface area contributed by atoms with Crippen LogP contribution >= 0.6 is 11.6 Å². The molecule has 1 aromatic rings. The Labute approximate surface area is 163 Å². The van der Waals surface area contributed by atoms with E-state index in [1.807, 2.05) is 13.0 Å². The molecule has 2 rings (SSSR count). The molecule has 1 N–H and O–H groups in total. The number of carbonyl (C=O) groups is 3. The van der Waals surface area contributed by atoms with Crippen LogP contribution in [0.1, 0.15) is 25.3 Å². The van der Waals surface area contributed by atoms with Crippen LogP contribution in [-0.4, -0.2) is 65.5 Å². The van der Waals surface area contributed by atoms with Crippen LogP contribution in [0.3, 0.4) is 0 Å². The predicted octanol–water partition coefficient (Wildman–Crippen LogP) is 2.20. The van der Waals surface area contributed by atoms with Crippen molar-refractivity contribution in [2.75, 3.05) is 26.7 Å². The molecular formula is C19H25ClN2O5. The smallest absolute Gasteiger partial charge is 0.308 e. The summed E-state index contributed by atoms with van der Waals surface area (Å²) in [6.07, 6.45) is 0.400. The van der Waals surface area contributed by atoms with E-state index in [2.05, 4.69) is 0 Å². The Kier molecular flexibility index (Phi) is 7.07. The number of rotatable bonds is 6. The highest BCUT2D eigenvalue weighted by Crippen LogP contribution is 2.26. The van der Waals surface area contributed by atoms with Crippen LogP contribution in [0.15, 0.2) is 18.2 Å². The first-order chi connectivity index (χ1) is 12.7. The van der Waals surface area contributed by atoms with Gasteiger partial charge in [-0.1, -0.05) is 17.7 Å². The van der Waals surface area contributed by atoms with E-state index in [4.69, 9.17) is 21.4 Å². The molecule has 8 heteroatoms. The molecule has 1 fully saturated rings. The minimum atomic E-state index is -0.894. The number of benzene rings is 1. The number of aryl methyl sites for hydroxylation is 1. The lowest BCUT2D eigenvalue weighted by Crippen LogP contribution is -2.48. The first kappa shape index (κ1) is 21.0. The van der Waals surface area contributed by atoms with Gasteiger partial charge in [-0.2, -0.15) is 0 Å². The van der Waals surface area contributed by atoms with Gasteiger partial charge >= 0.3 is 5.97 Å². The third-order valence-corrected chi connectivity index (χ3v) is 4.92. The number of carboxylic acids is 1. The Morgan fingerprint density at radius 3 is 2.78 bits per heavy atom. The third-order valence-electron chi connectivity index (χ3n) is 4.61. The van der Waals surface area contributed by atoms with Gasteiger partial charge in [0.2, 0.25) is 5.91 Å². The zero-order chi connectivity index (χ0) is 20.1. The predicted molar refractivity (Wildman–Crippen MR) is 101 cm³/mol. The second-order valence-electron chi connectivity index (χ2n) is 6.91. The van der Waals surface area contributed by atoms with E-state index in [0.717, 1.165) is 5.56 Å². The maximum absolute atomic E-state index is 12.5. The average molecular weight is 397 g/mol. The van der Waals surface area contributed by atoms with Crippen LogP contribution in [-0.2, 0) is 14.4 Å². The Bertz CT molecular complexity index is 724. The first-order valence-corrected chi connectivity index (χ1v) is 9.25. The van der Waals surface area contributed by atoms with E-state index in [0.29, 0.717) is 30.2 Å². The lowest BCUT2D eigenvalue weighted by atomic mass is 9.98. The molecule has 148 valence electrons. The number of hydrogen-bond acceptors (Lipinski definition) is 4. The molecule has 1 aromatic carbocycles. The van der Waals surface area contributed by atoms with E-state index in [9.17, 15) is 14.4 Å². The van der Waals surface area contributed by atoms with Gasteiger partial charge in [0.1, 0.15) is 5.75 Å². The van der Waals surface area contributed by atoms with Crippen molar-refractivity contribution in [3.8, 4) is 5.75 Å². The van der Waals surface area contributed by atoms with Gasteiger partial charge in [0.25, 0.3) is 5.91 Å². The number of ether oxygens (including phenoxy) is 1. The molecule has 7 nitrogen and oxygen atoms in total. The molecule has 1 aliphatic heterocycles. The number of nitrogens with zero attached hydrogens (tertiary/aromatic N) is 2. The second kappa shape index (κ2) is 9.08. The van der Waals surface area contributed by atoms with Gasteiger partial charge in [0, 0.05) is 20.1 Å². The molecule has 0 bridgehead atoms. The quantitative estimate of drug-likeness (QED) is 0.796. The first-order valence-electron chi connectivity index (χ1n) is 8.87. The molecule has 0 saturated carbocycles. The van der Waals surface area contributed by atoms with Crippen LogP contribution in [0.2, 0.25) is 5.02 Å². The van der Waals surface area contributed by atoms with E-state index in [1.54, 1.807) is 19.1 Å². The van der Waals surface area contributed by atoms with Gasteiger partial charge < -0.3 is 19.6 Å². The van der Waals surface area contributed by atoms with Gasteiger partial charge in [-0.3, -0.25) is 14.4 Å². The molecule has 0 spiro atoms. The summed E-state index contributed by atoms with van der Waals surface area (Å²) in [5.74, 6) is -1.65. The summed E-state index contributed by atoms with van der Waals surface area (Å²) in [7, 11) is 1.52. The Morgan fingerprint density at radius 2 is 2.11 bits per heavy atom. The average Bonchev–Trinajstić information content (AvgIpc) is 2.63. The number of piperidine rings is 1. The van der Waals surface area contributed by atoms with E-state index < -0.39 is 18.0 Å². The van der Waals surface area contributed by atoms with E-state index >= 15 is 0 Å². The number of aliphatic carboxylic acids is 1. The fourth-order valence-corrected chi connectivity index (χ4v) is 3.20. The fraction of sp³-hybridized carbons (Fsp3) is 0.526. The Balaban J connectivity index is 1.93. The molecule has 0 aromatic heterocycles. The molecule has 1 aliphatic rings. The van der Waals surface area contributed by atoms with Crippen molar-refractivity contribution in [1.82, 2.24) is 9.80 Å². The molecule has 2 unspecified atom stereocenters. The summed E-state index contributed by atoms with van der Waals surface area (Å²) in [6, 6.07) is 5.29. The van der Waals surface area contributed by atoms with Crippen molar-refractivity contribution in [3.63, 3.8) is 0 Å². The van der Waals surface area contributed by atoms with Crippen molar-refractivity contribution in [2.24, 2.45) is 5.92 Å². The second-order valence-corrected chi connectivity index (χ2v) is 7.31. The number of halogens is 1. The molecular weight excluding hydrogens is 372 g/mol. The zero-order valence-electron chi connectivity index (χ0n) is 15.8. The number of hydrogen-bond donors (Lipinski definition) is 1. The number of likely N-dealkylation sites (tertiary alicyclic amines) is 1. The van der Waals surface area contributed by atoms with Crippen molar-refractivity contribution in [1.29, 1.82) is 0 Å². The molecule has 2 amide bonds. The normalized spacial score (nSPS) is 17.9. The van der Waals surface area contributed by atoms with Gasteiger partial charge in [-0.25, -0.2) is 0 Å². The van der Waals surface area contributed by atoms with Gasteiger partial charge in [0.15, 0.2) is 6.10 Å². The summed E-state index contributed by atoms with van der Waals surface area (Å²) in [5, 5.41) is 9.54. The Morgan fingerprint density at radius 1 is 1.41 bits per heavy atom. The highest BCUT2D eigenvalue weighted by atomic mass is 35.5. The lowest BCUT2D eigenvalue weighted by Gasteiger charge is -2.32. The third kappa shape index (κ3) is 5.60. The largest absolute Gasteiger partial charge is 0.481 e. The summed E-state index contributed by atoms with van der Waals surface area (Å²) in [4.78, 5) is 38.9. The van der Waals surface area contributed by atoms with E-state index in [1.165, 1.54) is 16.8 Å². The number of amides is 2. The topological polar surface area (TPSA) is 87.2 Å². The minimum Gasteiger partial charge on any atom is -0.481 e. The Hall–Kier alpha value is -2.28. The SMILES string of the molecule is Cc1ccc(Cl)c(OC(C)C(=O)N(C)CC(=O)N2CCCC(C(=O)O)C2)c1. The molecule has 0 aliphatic carbocycles. The summed E-state index contributed by atoms with van der Waals surface area (Å²) >= 11 is 6.09. The van der Waals surface area contributed by atoms with Crippen LogP contribution < -0.4 is 4.74 Å². The fourth-order valence-electron chi connectivity index (χ4n) is 3.04. The number of likely N-dealkylation sites (N-methyl/N-ethyl adjacent to an activating group) is 1. The molecule has 1 heterocycles. The summed E-state index contributed by atoms with van der Waals surface area (Å²) in [5.41, 5.74) is 0.954. The highest BCUT2D eigenvalue weighted by Gasteiger charge is 2.30. The lowest BCUT2D eigenvalue weighted by molar-refractivity contribution is -0.148. The van der Waals surface area contributed by atoms with Gasteiger partial charge in [0.05, 0.1) is 17.5 Å². The van der Waals surface area contributed by atoms with Crippen LogP contribution in [0.25, 0.3) is 0 Å². The van der Waals surface area contributed by atoms with Gasteiger partial charge in [-0.05, 0) is 44.4 Å². The maximum atomic E-state index is 12.5. The molecule has 0 radical (unpaired) electrons. The standard InChI is InChI=1S/C19H25ClN2O5/c1-12-6-7-15(20)16(9-12)27-13(2)18(24)21(3)11-17(23)22-8-4-5-14(10-22)19(25)26/h6-7,9,13-14H,4-5,8,10-11H2,1-3H3,(H,25,26). The van der Waals surface area contributed by atoms with Gasteiger partial charge in [-0.15, -0.1) is 0 Å². The molecule has 27 heavy (non-hydrogen) atoms. The highest BCUT2D eigenvalue weighted by molar-refractivity contribution is 6.32. The van der Waals surface area contributed by atoms with Crippen LogP contribution in [0.5, 0.6) is 5.75 Å². The monoisotopic (exact) mass is 396 g/mol. The molecule has 1 saturated heterocycles. The summed E-state index contributed by atoms with van der Waals surface area (Å²) in [6.45, 7) is 4.06. The van der Waals surface area contributed by atoms with Crippen LogP contribution in [0.4, 0.5) is 0 Å². The summed E-state index contributed by atoms with van der Waals surface area (Å²) < 4.78 is 5.66. The maximum Gasteiger partial charge on any atom is 0.308 e. The van der Waals surface area contributed by atoms with Crippen molar-refractivity contribution >= 4 is 29.4 Å². The van der Waals surface area contributed by atoms with Crippen molar-refractivity contribution in [3.05, 3.63) is 28.8 Å². The molecule has 2 atom stereocenters. The van der Waals surface area contributed by atoms with Crippen molar-refractivity contribution < 1.29 is 24.2 Å². The van der Waals surface area contributed by atoms with E-state index in [-0.39, 0.29) is 24.9 Å². The minimum absolute atomic E-state index is 0.125. The number of carbonyl (C=O) groups excluding carboxylic acids is 2. The number of carboxylic acid groups (broad SMARTS) is 1.